The molecule has 1 heterocycles. The summed E-state index contributed by atoms with van der Waals surface area (Å²) < 4.78 is 0. The van der Waals surface area contributed by atoms with Crippen LogP contribution in [0.2, 0.25) is 0 Å². The third kappa shape index (κ3) is 3.32. The van der Waals surface area contributed by atoms with E-state index < -0.39 is 0 Å². The summed E-state index contributed by atoms with van der Waals surface area (Å²) in [4.78, 5) is 5.11. The van der Waals surface area contributed by atoms with Crippen molar-refractivity contribution in [1.82, 2.24) is 9.80 Å². The standard InChI is InChI=1S/C16H33N3/c1-15(2)9-6-14(7-10-15)19(4)16(12-17)8-5-11-18(3)13-16/h14H,5-13,17H2,1-4H3. The lowest BCUT2D eigenvalue weighted by atomic mass is 9.74. The molecule has 0 aromatic heterocycles. The fourth-order valence-electron chi connectivity index (χ4n) is 4.10. The van der Waals surface area contributed by atoms with Crippen LogP contribution in [0.5, 0.6) is 0 Å². The van der Waals surface area contributed by atoms with Crippen LogP contribution in [0.1, 0.15) is 52.4 Å². The minimum absolute atomic E-state index is 0.221. The quantitative estimate of drug-likeness (QED) is 0.852. The van der Waals surface area contributed by atoms with Crippen LogP contribution in [0.3, 0.4) is 0 Å². The smallest absolute Gasteiger partial charge is 0.0458 e. The molecule has 2 fully saturated rings. The van der Waals surface area contributed by atoms with Crippen LogP contribution in [-0.4, -0.2) is 55.1 Å². The zero-order valence-corrected chi connectivity index (χ0v) is 13.4. The number of hydrogen-bond acceptors (Lipinski definition) is 3. The molecule has 19 heavy (non-hydrogen) atoms. The van der Waals surface area contributed by atoms with Gasteiger partial charge in [0.1, 0.15) is 0 Å². The molecule has 2 aliphatic rings. The summed E-state index contributed by atoms with van der Waals surface area (Å²) in [5.74, 6) is 0. The van der Waals surface area contributed by atoms with Crippen LogP contribution in [0, 0.1) is 5.41 Å². The van der Waals surface area contributed by atoms with E-state index in [2.05, 4.69) is 37.7 Å². The molecule has 0 radical (unpaired) electrons. The molecular weight excluding hydrogens is 234 g/mol. The molecule has 2 rings (SSSR count). The molecule has 0 bridgehead atoms. The Morgan fingerprint density at radius 3 is 2.37 bits per heavy atom. The summed E-state index contributed by atoms with van der Waals surface area (Å²) in [7, 11) is 4.57. The molecule has 1 unspecified atom stereocenters. The van der Waals surface area contributed by atoms with Crippen LogP contribution in [-0.2, 0) is 0 Å². The van der Waals surface area contributed by atoms with E-state index in [9.17, 15) is 0 Å². The number of piperidine rings is 1. The van der Waals surface area contributed by atoms with Crippen molar-refractivity contribution in [2.24, 2.45) is 11.1 Å². The van der Waals surface area contributed by atoms with E-state index in [-0.39, 0.29) is 5.54 Å². The van der Waals surface area contributed by atoms with Gasteiger partial charge in [-0.25, -0.2) is 0 Å². The van der Waals surface area contributed by atoms with Gasteiger partial charge in [0, 0.05) is 24.7 Å². The maximum absolute atomic E-state index is 6.19. The average Bonchev–Trinajstić information content (AvgIpc) is 2.38. The number of hydrogen-bond donors (Lipinski definition) is 1. The third-order valence-electron chi connectivity index (χ3n) is 5.73. The monoisotopic (exact) mass is 267 g/mol. The second-order valence-electron chi connectivity index (χ2n) is 7.78. The third-order valence-corrected chi connectivity index (χ3v) is 5.73. The van der Waals surface area contributed by atoms with Crippen molar-refractivity contribution in [3.05, 3.63) is 0 Å². The highest BCUT2D eigenvalue weighted by Crippen LogP contribution is 2.39. The molecule has 2 N–H and O–H groups in total. The topological polar surface area (TPSA) is 32.5 Å². The van der Waals surface area contributed by atoms with Gasteiger partial charge in [0.15, 0.2) is 0 Å². The molecule has 3 heteroatoms. The van der Waals surface area contributed by atoms with Crippen LogP contribution in [0.4, 0.5) is 0 Å². The van der Waals surface area contributed by atoms with E-state index in [1.165, 1.54) is 45.1 Å². The minimum atomic E-state index is 0.221. The lowest BCUT2D eigenvalue weighted by Gasteiger charge is -2.52. The molecule has 1 saturated carbocycles. The van der Waals surface area contributed by atoms with Gasteiger partial charge in [-0.1, -0.05) is 13.8 Å². The fourth-order valence-corrected chi connectivity index (χ4v) is 4.10. The number of likely N-dealkylation sites (N-methyl/N-ethyl adjacent to an activating group) is 2. The summed E-state index contributed by atoms with van der Waals surface area (Å²) in [5, 5.41) is 0. The number of nitrogens with zero attached hydrogens (tertiary/aromatic N) is 2. The highest BCUT2D eigenvalue weighted by molar-refractivity contribution is 4.99. The van der Waals surface area contributed by atoms with E-state index in [1.54, 1.807) is 0 Å². The normalized spacial score (nSPS) is 33.8. The SMILES string of the molecule is CN1CCCC(CN)(N(C)C2CCC(C)(C)CC2)C1. The van der Waals surface area contributed by atoms with Crippen molar-refractivity contribution in [1.29, 1.82) is 0 Å². The first-order valence-corrected chi connectivity index (χ1v) is 8.00. The van der Waals surface area contributed by atoms with Gasteiger partial charge in [-0.15, -0.1) is 0 Å². The summed E-state index contributed by atoms with van der Waals surface area (Å²) in [6.07, 6.45) is 7.96. The molecule has 1 aliphatic carbocycles. The van der Waals surface area contributed by atoms with Crippen molar-refractivity contribution in [3.63, 3.8) is 0 Å². The van der Waals surface area contributed by atoms with Crippen LogP contribution >= 0.6 is 0 Å². The Labute approximate surface area is 119 Å². The second kappa shape index (κ2) is 5.71. The highest BCUT2D eigenvalue weighted by atomic mass is 15.3. The molecule has 0 amide bonds. The Balaban J connectivity index is 2.02. The van der Waals surface area contributed by atoms with Gasteiger partial charge in [0.2, 0.25) is 0 Å². The average molecular weight is 267 g/mol. The van der Waals surface area contributed by atoms with E-state index >= 15 is 0 Å². The van der Waals surface area contributed by atoms with Gasteiger partial charge in [0.25, 0.3) is 0 Å². The Kier molecular flexibility index (Phi) is 4.59. The zero-order valence-electron chi connectivity index (χ0n) is 13.4. The maximum atomic E-state index is 6.19. The van der Waals surface area contributed by atoms with E-state index in [1.807, 2.05) is 0 Å². The molecule has 0 aromatic rings. The van der Waals surface area contributed by atoms with Gasteiger partial charge >= 0.3 is 0 Å². The van der Waals surface area contributed by atoms with Gasteiger partial charge in [-0.3, -0.25) is 4.90 Å². The van der Waals surface area contributed by atoms with Gasteiger partial charge in [-0.05, 0) is 64.6 Å². The second-order valence-corrected chi connectivity index (χ2v) is 7.78. The highest BCUT2D eigenvalue weighted by Gasteiger charge is 2.41. The van der Waals surface area contributed by atoms with E-state index in [0.29, 0.717) is 5.41 Å². The first-order valence-electron chi connectivity index (χ1n) is 8.00. The largest absolute Gasteiger partial charge is 0.329 e. The lowest BCUT2D eigenvalue weighted by molar-refractivity contribution is -0.00666. The first kappa shape index (κ1) is 15.3. The minimum Gasteiger partial charge on any atom is -0.329 e. The summed E-state index contributed by atoms with van der Waals surface area (Å²) in [5.41, 5.74) is 6.97. The molecule has 1 atom stereocenters. The molecule has 0 spiro atoms. The summed E-state index contributed by atoms with van der Waals surface area (Å²) in [6.45, 7) is 7.99. The predicted octanol–water partition coefficient (Wildman–Crippen LogP) is 2.31. The number of nitrogens with two attached hydrogens (primary N) is 1. The molecule has 3 nitrogen and oxygen atoms in total. The van der Waals surface area contributed by atoms with Crippen LogP contribution in [0.25, 0.3) is 0 Å². The van der Waals surface area contributed by atoms with Crippen molar-refractivity contribution in [2.75, 3.05) is 33.7 Å². The van der Waals surface area contributed by atoms with Crippen molar-refractivity contribution >= 4 is 0 Å². The Morgan fingerprint density at radius 2 is 1.84 bits per heavy atom. The first-order chi connectivity index (χ1) is 8.88. The lowest BCUT2D eigenvalue weighted by Crippen LogP contribution is -2.63. The summed E-state index contributed by atoms with van der Waals surface area (Å²) >= 11 is 0. The molecule has 1 aliphatic heterocycles. The molecule has 0 aromatic carbocycles. The Hall–Kier alpha value is -0.120. The van der Waals surface area contributed by atoms with Crippen molar-refractivity contribution in [2.45, 2.75) is 64.0 Å². The number of rotatable bonds is 3. The van der Waals surface area contributed by atoms with Crippen molar-refractivity contribution in [3.8, 4) is 0 Å². The molecular formula is C16H33N3. The molecule has 1 saturated heterocycles. The predicted molar refractivity (Wildman–Crippen MR) is 82.3 cm³/mol. The van der Waals surface area contributed by atoms with Gasteiger partial charge < -0.3 is 10.6 Å². The Bertz CT molecular complexity index is 292. The van der Waals surface area contributed by atoms with E-state index in [4.69, 9.17) is 5.73 Å². The van der Waals surface area contributed by atoms with Crippen LogP contribution < -0.4 is 5.73 Å². The van der Waals surface area contributed by atoms with Crippen LogP contribution in [0.15, 0.2) is 0 Å². The van der Waals surface area contributed by atoms with Gasteiger partial charge in [0.05, 0.1) is 0 Å². The number of likely N-dealkylation sites (tertiary alicyclic amines) is 1. The zero-order chi connectivity index (χ0) is 14.1. The Morgan fingerprint density at radius 1 is 1.21 bits per heavy atom. The van der Waals surface area contributed by atoms with Gasteiger partial charge in [-0.2, -0.15) is 0 Å². The fraction of sp³-hybridized carbons (Fsp3) is 1.00. The molecule has 112 valence electrons. The van der Waals surface area contributed by atoms with Crippen molar-refractivity contribution < 1.29 is 0 Å². The van der Waals surface area contributed by atoms with E-state index in [0.717, 1.165) is 19.1 Å². The summed E-state index contributed by atoms with van der Waals surface area (Å²) in [6, 6.07) is 0.739. The maximum Gasteiger partial charge on any atom is 0.0458 e.